The zero-order valence-electron chi connectivity index (χ0n) is 6.80. The van der Waals surface area contributed by atoms with E-state index < -0.39 is 19.0 Å². The molecule has 0 aliphatic carbocycles. The fraction of sp³-hybridized carbons (Fsp3) is 0.333. The number of hydrogen-bond acceptors (Lipinski definition) is 1. The van der Waals surface area contributed by atoms with Gasteiger partial charge in [0.1, 0.15) is 0 Å². The number of benzene rings is 1. The molecule has 0 spiro atoms. The quantitative estimate of drug-likeness (QED) is 0.807. The summed E-state index contributed by atoms with van der Waals surface area (Å²) in [5.74, 6) is -3.00. The summed E-state index contributed by atoms with van der Waals surface area (Å²) < 4.78 is 26.2. The summed E-state index contributed by atoms with van der Waals surface area (Å²) in [6.07, 6.45) is -0.576. The maximum atomic E-state index is 13.1. The summed E-state index contributed by atoms with van der Waals surface area (Å²) in [5, 5.41) is 8.69. The van der Waals surface area contributed by atoms with Crippen molar-refractivity contribution in [2.24, 2.45) is 0 Å². The maximum absolute atomic E-state index is 13.1. The lowest BCUT2D eigenvalue weighted by molar-refractivity contribution is -0.0269. The first-order valence-corrected chi connectivity index (χ1v) is 4.19. The molecule has 0 bridgehead atoms. The summed E-state index contributed by atoms with van der Waals surface area (Å²) >= 11 is 5.56. The van der Waals surface area contributed by atoms with Gasteiger partial charge in [0.05, 0.1) is 0 Å². The van der Waals surface area contributed by atoms with E-state index in [0.717, 1.165) is 0 Å². The van der Waals surface area contributed by atoms with Gasteiger partial charge in [-0.2, -0.15) is 0 Å². The van der Waals surface area contributed by atoms with Crippen LogP contribution in [0.5, 0.6) is 0 Å². The van der Waals surface area contributed by atoms with Crippen LogP contribution in [-0.4, -0.2) is 11.7 Å². The highest BCUT2D eigenvalue weighted by Crippen LogP contribution is 2.32. The normalized spacial score (nSPS) is 11.7. The third kappa shape index (κ3) is 2.64. The zero-order chi connectivity index (χ0) is 9.90. The van der Waals surface area contributed by atoms with Gasteiger partial charge >= 0.3 is 0 Å². The molecule has 0 radical (unpaired) electrons. The minimum absolute atomic E-state index is 0.158. The molecule has 0 aliphatic heterocycles. The van der Waals surface area contributed by atoms with E-state index in [-0.39, 0.29) is 10.6 Å². The molecule has 13 heavy (non-hydrogen) atoms. The second-order valence-corrected chi connectivity index (χ2v) is 3.12. The van der Waals surface area contributed by atoms with Crippen LogP contribution in [0.2, 0.25) is 5.02 Å². The molecular weight excluding hydrogens is 198 g/mol. The monoisotopic (exact) mass is 206 g/mol. The van der Waals surface area contributed by atoms with Crippen LogP contribution in [0, 0.1) is 0 Å². The van der Waals surface area contributed by atoms with Crippen molar-refractivity contribution in [3.63, 3.8) is 0 Å². The van der Waals surface area contributed by atoms with Crippen molar-refractivity contribution in [3.8, 4) is 0 Å². The lowest BCUT2D eigenvalue weighted by Crippen LogP contribution is -2.14. The minimum Gasteiger partial charge on any atom is -0.396 e. The van der Waals surface area contributed by atoms with E-state index in [1.165, 1.54) is 24.3 Å². The third-order valence-corrected chi connectivity index (χ3v) is 1.91. The Morgan fingerprint density at radius 2 is 2.08 bits per heavy atom. The molecule has 0 amide bonds. The van der Waals surface area contributed by atoms with Gasteiger partial charge in [0.2, 0.25) is 0 Å². The van der Waals surface area contributed by atoms with Crippen molar-refractivity contribution in [3.05, 3.63) is 34.9 Å². The molecule has 0 fully saturated rings. The van der Waals surface area contributed by atoms with Crippen molar-refractivity contribution >= 4 is 11.6 Å². The Morgan fingerprint density at radius 1 is 1.38 bits per heavy atom. The predicted octanol–water partition coefficient (Wildman–Crippen LogP) is 2.81. The van der Waals surface area contributed by atoms with E-state index in [1.807, 2.05) is 0 Å². The summed E-state index contributed by atoms with van der Waals surface area (Å²) in [5.41, 5.74) is -0.158. The Bertz CT molecular complexity index is 289. The van der Waals surface area contributed by atoms with Crippen molar-refractivity contribution in [2.75, 3.05) is 6.61 Å². The van der Waals surface area contributed by atoms with Crippen LogP contribution >= 0.6 is 11.6 Å². The number of rotatable bonds is 3. The van der Waals surface area contributed by atoms with Crippen LogP contribution in [0.25, 0.3) is 0 Å². The zero-order valence-corrected chi connectivity index (χ0v) is 7.56. The number of aliphatic hydroxyl groups is 1. The predicted molar refractivity (Wildman–Crippen MR) is 47.0 cm³/mol. The molecule has 4 heteroatoms. The summed E-state index contributed by atoms with van der Waals surface area (Å²) in [6, 6.07) is 5.49. The molecule has 72 valence electrons. The van der Waals surface area contributed by atoms with Gasteiger partial charge in [-0.1, -0.05) is 23.7 Å². The molecule has 0 atom stereocenters. The van der Waals surface area contributed by atoms with Gasteiger partial charge in [-0.05, 0) is 12.1 Å². The van der Waals surface area contributed by atoms with Crippen LogP contribution in [0.15, 0.2) is 24.3 Å². The number of alkyl halides is 2. The molecule has 1 nitrogen and oxygen atoms in total. The second-order valence-electron chi connectivity index (χ2n) is 2.69. The van der Waals surface area contributed by atoms with Gasteiger partial charge in [-0.15, -0.1) is 0 Å². The molecule has 1 aromatic carbocycles. The fourth-order valence-electron chi connectivity index (χ4n) is 1.00. The lowest BCUT2D eigenvalue weighted by Gasteiger charge is -2.15. The number of halogens is 3. The molecule has 0 aliphatic rings. The molecule has 1 rings (SSSR count). The molecule has 1 N–H and O–H groups in total. The second kappa shape index (κ2) is 4.03. The highest BCUT2D eigenvalue weighted by atomic mass is 35.5. The molecular formula is C9H9ClF2O. The molecule has 0 unspecified atom stereocenters. The summed E-state index contributed by atoms with van der Waals surface area (Å²) in [7, 11) is 0. The Hall–Kier alpha value is -0.670. The fourth-order valence-corrected chi connectivity index (χ4v) is 1.19. The maximum Gasteiger partial charge on any atom is 0.275 e. The standard InChI is InChI=1S/C9H9ClF2O/c10-8-3-1-2-7(6-8)9(11,12)4-5-13/h1-3,6,13H,4-5H2. The van der Waals surface area contributed by atoms with E-state index in [0.29, 0.717) is 0 Å². The van der Waals surface area contributed by atoms with Crippen LogP contribution in [0.1, 0.15) is 12.0 Å². The Labute approximate surface area is 80.0 Å². The van der Waals surface area contributed by atoms with Gasteiger partial charge < -0.3 is 5.11 Å². The van der Waals surface area contributed by atoms with Gasteiger partial charge in [0, 0.05) is 23.6 Å². The smallest absolute Gasteiger partial charge is 0.275 e. The summed E-state index contributed by atoms with van der Waals surface area (Å²) in [4.78, 5) is 0. The van der Waals surface area contributed by atoms with Crippen molar-refractivity contribution in [1.82, 2.24) is 0 Å². The van der Waals surface area contributed by atoms with Gasteiger partial charge in [0.25, 0.3) is 5.92 Å². The van der Waals surface area contributed by atoms with Crippen molar-refractivity contribution in [2.45, 2.75) is 12.3 Å². The Balaban J connectivity index is 2.93. The van der Waals surface area contributed by atoms with E-state index in [2.05, 4.69) is 0 Å². The number of hydrogen-bond donors (Lipinski definition) is 1. The van der Waals surface area contributed by atoms with Gasteiger partial charge in [-0.3, -0.25) is 0 Å². The van der Waals surface area contributed by atoms with Crippen LogP contribution in [0.4, 0.5) is 8.78 Å². The highest BCUT2D eigenvalue weighted by Gasteiger charge is 2.30. The Kier molecular flexibility index (Phi) is 3.22. The lowest BCUT2D eigenvalue weighted by atomic mass is 10.1. The van der Waals surface area contributed by atoms with Crippen LogP contribution < -0.4 is 0 Å². The molecule has 0 heterocycles. The first kappa shape index (κ1) is 10.4. The Morgan fingerprint density at radius 3 is 2.62 bits per heavy atom. The molecule has 0 aromatic heterocycles. The molecule has 0 saturated heterocycles. The average molecular weight is 207 g/mol. The van der Waals surface area contributed by atoms with Crippen LogP contribution in [0.3, 0.4) is 0 Å². The van der Waals surface area contributed by atoms with E-state index >= 15 is 0 Å². The molecule has 0 saturated carbocycles. The van der Waals surface area contributed by atoms with Crippen molar-refractivity contribution < 1.29 is 13.9 Å². The molecule has 1 aromatic rings. The number of aliphatic hydroxyl groups excluding tert-OH is 1. The topological polar surface area (TPSA) is 20.2 Å². The van der Waals surface area contributed by atoms with Crippen LogP contribution in [-0.2, 0) is 5.92 Å². The average Bonchev–Trinajstić information content (AvgIpc) is 2.04. The van der Waals surface area contributed by atoms with E-state index in [1.54, 1.807) is 0 Å². The largest absolute Gasteiger partial charge is 0.396 e. The van der Waals surface area contributed by atoms with E-state index in [4.69, 9.17) is 16.7 Å². The highest BCUT2D eigenvalue weighted by molar-refractivity contribution is 6.30. The SMILES string of the molecule is OCCC(F)(F)c1cccc(Cl)c1. The van der Waals surface area contributed by atoms with Gasteiger partial charge in [0.15, 0.2) is 0 Å². The van der Waals surface area contributed by atoms with Crippen molar-refractivity contribution in [1.29, 1.82) is 0 Å². The van der Waals surface area contributed by atoms with E-state index in [9.17, 15) is 8.78 Å². The summed E-state index contributed by atoms with van der Waals surface area (Å²) in [6.45, 7) is -0.542. The first-order chi connectivity index (χ1) is 6.06. The minimum atomic E-state index is -3.00. The first-order valence-electron chi connectivity index (χ1n) is 3.81. The van der Waals surface area contributed by atoms with Gasteiger partial charge in [-0.25, -0.2) is 8.78 Å². The third-order valence-electron chi connectivity index (χ3n) is 1.67.